The molecule has 0 radical (unpaired) electrons. The highest BCUT2D eigenvalue weighted by atomic mass is 16.1. The first-order valence-corrected chi connectivity index (χ1v) is 5.52. The van der Waals surface area contributed by atoms with Gasteiger partial charge in [-0.05, 0) is 38.8 Å². The van der Waals surface area contributed by atoms with Crippen LogP contribution in [0.25, 0.3) is 0 Å². The van der Waals surface area contributed by atoms with Crippen LogP contribution in [0, 0.1) is 0 Å². The zero-order valence-electron chi connectivity index (χ0n) is 9.02. The molecule has 1 saturated carbocycles. The van der Waals surface area contributed by atoms with E-state index in [9.17, 15) is 4.79 Å². The summed E-state index contributed by atoms with van der Waals surface area (Å²) in [7, 11) is 0. The molecule has 0 saturated heterocycles. The van der Waals surface area contributed by atoms with Crippen molar-refractivity contribution < 1.29 is 0 Å². The molecule has 1 unspecified atom stereocenters. The molecule has 1 fully saturated rings. The summed E-state index contributed by atoms with van der Waals surface area (Å²) in [5.74, 6) is 0.585. The summed E-state index contributed by atoms with van der Waals surface area (Å²) in [6, 6.07) is 3.57. The third kappa shape index (κ3) is 2.26. The molecule has 0 spiro atoms. The van der Waals surface area contributed by atoms with Crippen LogP contribution in [0.3, 0.4) is 0 Å². The van der Waals surface area contributed by atoms with Crippen LogP contribution >= 0.6 is 0 Å². The number of aromatic nitrogens is 2. The average molecular weight is 207 g/mol. The molecule has 1 aliphatic rings. The van der Waals surface area contributed by atoms with Crippen LogP contribution in [0.2, 0.25) is 0 Å². The van der Waals surface area contributed by atoms with Crippen molar-refractivity contribution >= 4 is 0 Å². The Hall–Kier alpha value is -1.16. The van der Waals surface area contributed by atoms with Gasteiger partial charge in [0.05, 0.1) is 11.7 Å². The molecule has 1 aromatic rings. The Morgan fingerprint density at radius 2 is 2.33 bits per heavy atom. The number of hydrogen-bond donors (Lipinski definition) is 1. The zero-order chi connectivity index (χ0) is 10.8. The molecule has 1 aliphatic carbocycles. The molecule has 2 N–H and O–H groups in total. The Bertz CT molecular complexity index is 395. The fourth-order valence-electron chi connectivity index (χ4n) is 1.72. The molecular formula is C11H17N3O. The van der Waals surface area contributed by atoms with Crippen molar-refractivity contribution in [2.45, 2.75) is 38.1 Å². The fourth-order valence-corrected chi connectivity index (χ4v) is 1.72. The lowest BCUT2D eigenvalue weighted by Gasteiger charge is -2.13. The van der Waals surface area contributed by atoms with E-state index >= 15 is 0 Å². The molecule has 2 rings (SSSR count). The maximum Gasteiger partial charge on any atom is 0.266 e. The van der Waals surface area contributed by atoms with Gasteiger partial charge in [-0.15, -0.1) is 0 Å². The molecular weight excluding hydrogens is 190 g/mol. The van der Waals surface area contributed by atoms with Gasteiger partial charge in [-0.25, -0.2) is 4.68 Å². The Morgan fingerprint density at radius 1 is 1.60 bits per heavy atom. The van der Waals surface area contributed by atoms with Crippen LogP contribution in [0.15, 0.2) is 16.9 Å². The number of rotatable bonds is 4. The van der Waals surface area contributed by atoms with Gasteiger partial charge < -0.3 is 5.73 Å². The van der Waals surface area contributed by atoms with Crippen molar-refractivity contribution in [2.75, 3.05) is 6.54 Å². The van der Waals surface area contributed by atoms with Crippen LogP contribution in [0.5, 0.6) is 0 Å². The second kappa shape index (κ2) is 4.14. The highest BCUT2D eigenvalue weighted by Crippen LogP contribution is 2.38. The van der Waals surface area contributed by atoms with E-state index < -0.39 is 0 Å². The van der Waals surface area contributed by atoms with E-state index in [4.69, 9.17) is 5.73 Å². The maximum atomic E-state index is 11.6. The molecule has 1 heterocycles. The number of hydrogen-bond acceptors (Lipinski definition) is 3. The van der Waals surface area contributed by atoms with Gasteiger partial charge in [0.2, 0.25) is 0 Å². The lowest BCUT2D eigenvalue weighted by atomic mass is 10.2. The summed E-state index contributed by atoms with van der Waals surface area (Å²) in [5.41, 5.74) is 6.51. The minimum Gasteiger partial charge on any atom is -0.330 e. The van der Waals surface area contributed by atoms with Crippen molar-refractivity contribution in [3.8, 4) is 0 Å². The minimum absolute atomic E-state index is 0.0275. The van der Waals surface area contributed by atoms with Crippen LogP contribution in [-0.2, 0) is 0 Å². The summed E-state index contributed by atoms with van der Waals surface area (Å²) in [6.45, 7) is 2.57. The first-order valence-electron chi connectivity index (χ1n) is 5.52. The Kier molecular flexibility index (Phi) is 2.86. The SMILES string of the molecule is CC(CCN)n1nc(C2CC2)ccc1=O. The van der Waals surface area contributed by atoms with Gasteiger partial charge in [0.25, 0.3) is 5.56 Å². The van der Waals surface area contributed by atoms with Gasteiger partial charge in [-0.1, -0.05) is 0 Å². The van der Waals surface area contributed by atoms with E-state index in [0.29, 0.717) is 12.5 Å². The number of nitrogens with zero attached hydrogens (tertiary/aromatic N) is 2. The molecule has 1 atom stereocenters. The van der Waals surface area contributed by atoms with Crippen LogP contribution in [0.4, 0.5) is 0 Å². The topological polar surface area (TPSA) is 60.9 Å². The van der Waals surface area contributed by atoms with Gasteiger partial charge in [-0.3, -0.25) is 4.79 Å². The molecule has 15 heavy (non-hydrogen) atoms. The van der Waals surface area contributed by atoms with Gasteiger partial charge >= 0.3 is 0 Å². The smallest absolute Gasteiger partial charge is 0.266 e. The standard InChI is InChI=1S/C11H17N3O/c1-8(6-7-12)14-11(15)5-4-10(13-14)9-2-3-9/h4-5,8-9H,2-3,6-7,12H2,1H3. The first-order chi connectivity index (χ1) is 7.22. The molecule has 1 aromatic heterocycles. The summed E-state index contributed by atoms with van der Waals surface area (Å²) in [5, 5.41) is 4.40. The van der Waals surface area contributed by atoms with Gasteiger partial charge in [-0.2, -0.15) is 5.10 Å². The molecule has 0 bridgehead atoms. The Balaban J connectivity index is 2.27. The second-order valence-corrected chi connectivity index (χ2v) is 4.24. The summed E-state index contributed by atoms with van der Waals surface area (Å²) < 4.78 is 1.57. The van der Waals surface area contributed by atoms with Gasteiger partial charge in [0, 0.05) is 12.0 Å². The predicted molar refractivity (Wildman–Crippen MR) is 58.9 cm³/mol. The molecule has 0 aromatic carbocycles. The van der Waals surface area contributed by atoms with E-state index in [1.165, 1.54) is 12.8 Å². The van der Waals surface area contributed by atoms with Crippen molar-refractivity contribution in [3.63, 3.8) is 0 Å². The Labute approximate surface area is 89.1 Å². The summed E-state index contributed by atoms with van der Waals surface area (Å²) in [4.78, 5) is 11.6. The highest BCUT2D eigenvalue weighted by Gasteiger charge is 2.25. The van der Waals surface area contributed by atoms with Crippen molar-refractivity contribution in [1.29, 1.82) is 0 Å². The van der Waals surface area contributed by atoms with Crippen LogP contribution < -0.4 is 11.3 Å². The first kappa shape index (κ1) is 10.4. The monoisotopic (exact) mass is 207 g/mol. The lowest BCUT2D eigenvalue weighted by molar-refractivity contribution is 0.437. The van der Waals surface area contributed by atoms with E-state index in [1.807, 2.05) is 13.0 Å². The summed E-state index contributed by atoms with van der Waals surface area (Å²) in [6.07, 6.45) is 3.20. The van der Waals surface area contributed by atoms with E-state index in [1.54, 1.807) is 10.7 Å². The average Bonchev–Trinajstić information content (AvgIpc) is 3.02. The van der Waals surface area contributed by atoms with Crippen molar-refractivity contribution in [2.24, 2.45) is 5.73 Å². The normalized spacial score (nSPS) is 17.7. The predicted octanol–water partition coefficient (Wildman–Crippen LogP) is 1.03. The molecule has 82 valence electrons. The number of nitrogens with two attached hydrogens (primary N) is 1. The lowest BCUT2D eigenvalue weighted by Crippen LogP contribution is -2.27. The molecule has 4 heteroatoms. The van der Waals surface area contributed by atoms with Crippen LogP contribution in [0.1, 0.15) is 43.8 Å². The van der Waals surface area contributed by atoms with E-state index in [0.717, 1.165) is 12.1 Å². The maximum absolute atomic E-state index is 11.6. The van der Waals surface area contributed by atoms with E-state index in [2.05, 4.69) is 5.10 Å². The zero-order valence-corrected chi connectivity index (χ0v) is 9.02. The quantitative estimate of drug-likeness (QED) is 0.802. The third-order valence-corrected chi connectivity index (χ3v) is 2.84. The third-order valence-electron chi connectivity index (χ3n) is 2.84. The van der Waals surface area contributed by atoms with Gasteiger partial charge in [0.1, 0.15) is 0 Å². The molecule has 4 nitrogen and oxygen atoms in total. The minimum atomic E-state index is -0.0275. The van der Waals surface area contributed by atoms with Crippen molar-refractivity contribution in [3.05, 3.63) is 28.2 Å². The molecule has 0 aliphatic heterocycles. The largest absolute Gasteiger partial charge is 0.330 e. The molecule has 0 amide bonds. The van der Waals surface area contributed by atoms with E-state index in [-0.39, 0.29) is 11.6 Å². The summed E-state index contributed by atoms with van der Waals surface area (Å²) >= 11 is 0. The van der Waals surface area contributed by atoms with Gasteiger partial charge in [0.15, 0.2) is 0 Å². The van der Waals surface area contributed by atoms with Crippen molar-refractivity contribution in [1.82, 2.24) is 9.78 Å². The highest BCUT2D eigenvalue weighted by molar-refractivity contribution is 5.12. The van der Waals surface area contributed by atoms with Crippen LogP contribution in [-0.4, -0.2) is 16.3 Å². The second-order valence-electron chi connectivity index (χ2n) is 4.24. The fraction of sp³-hybridized carbons (Fsp3) is 0.636. The Morgan fingerprint density at radius 3 is 2.93 bits per heavy atom.